The number of carbonyl (C=O) groups is 3. The van der Waals surface area contributed by atoms with Crippen molar-refractivity contribution >= 4 is 34.6 Å². The first-order valence-electron chi connectivity index (χ1n) is 5.66. The van der Waals surface area contributed by atoms with Crippen LogP contribution in [0.5, 0.6) is 5.75 Å². The molecule has 0 bridgehead atoms. The maximum Gasteiger partial charge on any atom is 0.337 e. The Bertz CT molecular complexity index is 575. The van der Waals surface area contributed by atoms with E-state index in [-0.39, 0.29) is 16.5 Å². The monoisotopic (exact) mass is 296 g/mol. The van der Waals surface area contributed by atoms with Crippen LogP contribution in [0.25, 0.3) is 0 Å². The number of carbonyl (C=O) groups excluding carboxylic acids is 2. The van der Waals surface area contributed by atoms with Crippen molar-refractivity contribution in [2.24, 2.45) is 0 Å². The molecule has 0 aromatic heterocycles. The van der Waals surface area contributed by atoms with Crippen LogP contribution in [-0.2, 0) is 4.79 Å². The van der Waals surface area contributed by atoms with Gasteiger partial charge in [0.25, 0.3) is 5.24 Å². The van der Waals surface area contributed by atoms with Crippen molar-refractivity contribution < 1.29 is 24.2 Å². The number of thioether (sulfide) groups is 1. The predicted molar refractivity (Wildman–Crippen MR) is 73.4 cm³/mol. The van der Waals surface area contributed by atoms with Crippen molar-refractivity contribution in [2.45, 2.75) is 6.04 Å². The van der Waals surface area contributed by atoms with Gasteiger partial charge in [-0.2, -0.15) is 0 Å². The van der Waals surface area contributed by atoms with Crippen LogP contribution < -0.4 is 15.4 Å². The van der Waals surface area contributed by atoms with Crippen LogP contribution in [-0.4, -0.2) is 41.1 Å². The zero-order valence-electron chi connectivity index (χ0n) is 10.5. The highest BCUT2D eigenvalue weighted by molar-refractivity contribution is 8.14. The Morgan fingerprint density at radius 3 is 2.80 bits per heavy atom. The van der Waals surface area contributed by atoms with Gasteiger partial charge in [-0.05, 0) is 12.1 Å². The normalized spacial score (nSPS) is 17.4. The Hall–Kier alpha value is -2.22. The largest absolute Gasteiger partial charge is 0.497 e. The van der Waals surface area contributed by atoms with Gasteiger partial charge in [-0.25, -0.2) is 4.79 Å². The molecule has 2 amide bonds. The fourth-order valence-electron chi connectivity index (χ4n) is 1.69. The number of aromatic carboxylic acids is 1. The van der Waals surface area contributed by atoms with Crippen LogP contribution in [0.2, 0.25) is 0 Å². The van der Waals surface area contributed by atoms with Crippen molar-refractivity contribution in [3.05, 3.63) is 23.8 Å². The molecule has 1 saturated heterocycles. The summed E-state index contributed by atoms with van der Waals surface area (Å²) in [6, 6.07) is 3.59. The zero-order chi connectivity index (χ0) is 14.7. The molecule has 3 N–H and O–H groups in total. The quantitative estimate of drug-likeness (QED) is 0.770. The number of hydrogen-bond acceptors (Lipinski definition) is 5. The van der Waals surface area contributed by atoms with Crippen LogP contribution in [0, 0.1) is 0 Å². The minimum atomic E-state index is -1.16. The Balaban J connectivity index is 2.20. The first-order valence-corrected chi connectivity index (χ1v) is 6.65. The molecule has 0 aliphatic carbocycles. The molecule has 2 rings (SSSR count). The molecule has 1 unspecified atom stereocenters. The van der Waals surface area contributed by atoms with Crippen LogP contribution in [0.1, 0.15) is 10.4 Å². The summed E-state index contributed by atoms with van der Waals surface area (Å²) in [7, 11) is 1.44. The Morgan fingerprint density at radius 2 is 2.25 bits per heavy atom. The molecule has 0 spiro atoms. The van der Waals surface area contributed by atoms with Gasteiger partial charge in [0.15, 0.2) is 0 Å². The Kier molecular flexibility index (Phi) is 4.14. The second kappa shape index (κ2) is 5.83. The molecular weight excluding hydrogens is 284 g/mol. The summed E-state index contributed by atoms with van der Waals surface area (Å²) in [5.74, 6) is -0.876. The lowest BCUT2D eigenvalue weighted by Crippen LogP contribution is -2.38. The topological polar surface area (TPSA) is 105 Å². The number of anilines is 1. The second-order valence-electron chi connectivity index (χ2n) is 4.00. The highest BCUT2D eigenvalue weighted by Crippen LogP contribution is 2.23. The maximum absolute atomic E-state index is 12.0. The number of carboxylic acids is 1. The second-order valence-corrected chi connectivity index (χ2v) is 4.99. The van der Waals surface area contributed by atoms with Crippen LogP contribution >= 0.6 is 11.8 Å². The molecule has 8 heteroatoms. The van der Waals surface area contributed by atoms with Crippen molar-refractivity contribution in [2.75, 3.05) is 18.2 Å². The summed E-state index contributed by atoms with van der Waals surface area (Å²) in [6.45, 7) is 0. The van der Waals surface area contributed by atoms with Gasteiger partial charge in [0.1, 0.15) is 11.8 Å². The summed E-state index contributed by atoms with van der Waals surface area (Å²) in [5.41, 5.74) is 0.0872. The lowest BCUT2D eigenvalue weighted by molar-refractivity contribution is -0.117. The van der Waals surface area contributed by atoms with E-state index >= 15 is 0 Å². The minimum Gasteiger partial charge on any atom is -0.497 e. The van der Waals surface area contributed by atoms with E-state index in [1.165, 1.54) is 25.3 Å². The SMILES string of the molecule is COc1ccc(C(=O)O)c(NC(=O)C2CSC(=O)N2)c1. The molecule has 1 atom stereocenters. The maximum atomic E-state index is 12.0. The first-order chi connectivity index (χ1) is 9.51. The van der Waals surface area contributed by atoms with E-state index in [0.717, 1.165) is 11.8 Å². The minimum absolute atomic E-state index is 0.0453. The molecule has 0 radical (unpaired) electrons. The summed E-state index contributed by atoms with van der Waals surface area (Å²) < 4.78 is 5.00. The first kappa shape index (κ1) is 14.2. The van der Waals surface area contributed by atoms with E-state index in [9.17, 15) is 14.4 Å². The smallest absolute Gasteiger partial charge is 0.337 e. The fraction of sp³-hybridized carbons (Fsp3) is 0.250. The van der Waals surface area contributed by atoms with E-state index in [1.807, 2.05) is 0 Å². The molecule has 1 aromatic rings. The summed E-state index contributed by atoms with van der Waals surface area (Å²) >= 11 is 1.01. The third-order valence-electron chi connectivity index (χ3n) is 2.70. The molecule has 0 saturated carbocycles. The number of carboxylic acid groups (broad SMARTS) is 1. The van der Waals surface area contributed by atoms with E-state index in [2.05, 4.69) is 10.6 Å². The van der Waals surface area contributed by atoms with Gasteiger partial charge in [0.05, 0.1) is 18.4 Å². The lowest BCUT2D eigenvalue weighted by Gasteiger charge is -2.13. The van der Waals surface area contributed by atoms with E-state index in [1.54, 1.807) is 0 Å². The number of amides is 2. The molecule has 106 valence electrons. The molecule has 1 fully saturated rings. The van der Waals surface area contributed by atoms with Gasteiger partial charge < -0.3 is 20.5 Å². The van der Waals surface area contributed by atoms with Gasteiger partial charge in [0, 0.05) is 11.8 Å². The van der Waals surface area contributed by atoms with E-state index < -0.39 is 17.9 Å². The average molecular weight is 296 g/mol. The standard InChI is InChI=1S/C12H12N2O5S/c1-19-6-2-3-7(11(16)17)8(4-6)13-10(15)9-5-20-12(18)14-9/h2-4,9H,5H2,1H3,(H,13,15)(H,14,18)(H,16,17). The van der Waals surface area contributed by atoms with Gasteiger partial charge in [-0.3, -0.25) is 9.59 Å². The zero-order valence-corrected chi connectivity index (χ0v) is 11.3. The predicted octanol–water partition coefficient (Wildman–Crippen LogP) is 1.16. The number of benzene rings is 1. The van der Waals surface area contributed by atoms with Gasteiger partial charge >= 0.3 is 5.97 Å². The fourth-order valence-corrected chi connectivity index (χ4v) is 2.46. The van der Waals surface area contributed by atoms with Crippen LogP contribution in [0.4, 0.5) is 10.5 Å². The number of methoxy groups -OCH3 is 1. The molecule has 1 aliphatic heterocycles. The number of hydrogen-bond donors (Lipinski definition) is 3. The number of nitrogens with one attached hydrogen (secondary N) is 2. The third kappa shape index (κ3) is 3.02. The highest BCUT2D eigenvalue weighted by atomic mass is 32.2. The van der Waals surface area contributed by atoms with Gasteiger partial charge in [0.2, 0.25) is 5.91 Å². The molecule has 7 nitrogen and oxygen atoms in total. The third-order valence-corrected chi connectivity index (χ3v) is 3.58. The lowest BCUT2D eigenvalue weighted by atomic mass is 10.1. The van der Waals surface area contributed by atoms with E-state index in [0.29, 0.717) is 11.5 Å². The van der Waals surface area contributed by atoms with Gasteiger partial charge in [-0.15, -0.1) is 0 Å². The van der Waals surface area contributed by atoms with Crippen molar-refractivity contribution in [3.63, 3.8) is 0 Å². The molecule has 1 aliphatic rings. The van der Waals surface area contributed by atoms with Crippen LogP contribution in [0.3, 0.4) is 0 Å². The van der Waals surface area contributed by atoms with Crippen LogP contribution in [0.15, 0.2) is 18.2 Å². The summed E-state index contributed by atoms with van der Waals surface area (Å²) in [5, 5.41) is 13.8. The number of ether oxygens (including phenoxy) is 1. The van der Waals surface area contributed by atoms with Crippen molar-refractivity contribution in [1.29, 1.82) is 0 Å². The Labute approximate surface area is 118 Å². The van der Waals surface area contributed by atoms with Gasteiger partial charge in [-0.1, -0.05) is 11.8 Å². The van der Waals surface area contributed by atoms with Crippen molar-refractivity contribution in [1.82, 2.24) is 5.32 Å². The number of rotatable bonds is 4. The molecule has 1 heterocycles. The average Bonchev–Trinajstić information content (AvgIpc) is 2.85. The van der Waals surface area contributed by atoms with Crippen molar-refractivity contribution in [3.8, 4) is 5.75 Å². The summed E-state index contributed by atoms with van der Waals surface area (Å²) in [4.78, 5) is 34.1. The molecule has 1 aromatic carbocycles. The molecule has 20 heavy (non-hydrogen) atoms. The van der Waals surface area contributed by atoms with E-state index in [4.69, 9.17) is 9.84 Å². The Morgan fingerprint density at radius 1 is 1.50 bits per heavy atom. The highest BCUT2D eigenvalue weighted by Gasteiger charge is 2.28. The molecular formula is C12H12N2O5S. The summed E-state index contributed by atoms with van der Waals surface area (Å²) in [6.07, 6.45) is 0.